The number of thioether (sulfide) groups is 1. The molecule has 22 heavy (non-hydrogen) atoms. The van der Waals surface area contributed by atoms with Crippen LogP contribution in [-0.2, 0) is 4.74 Å². The fourth-order valence-corrected chi connectivity index (χ4v) is 4.02. The SMILES string of the molecule is O[C@H](CSc1nnc(NC[C@@H]2CCCO2)s1)c1ccccc1. The highest BCUT2D eigenvalue weighted by atomic mass is 32.2. The molecule has 3 rings (SSSR count). The van der Waals surface area contributed by atoms with Gasteiger partial charge in [-0.25, -0.2) is 0 Å². The van der Waals surface area contributed by atoms with Crippen molar-refractivity contribution in [3.63, 3.8) is 0 Å². The summed E-state index contributed by atoms with van der Waals surface area (Å²) in [4.78, 5) is 0. The number of ether oxygens (including phenoxy) is 1. The van der Waals surface area contributed by atoms with Gasteiger partial charge in [-0.3, -0.25) is 0 Å². The molecule has 0 radical (unpaired) electrons. The number of benzene rings is 1. The summed E-state index contributed by atoms with van der Waals surface area (Å²) in [5.74, 6) is 0.574. The molecule has 1 fully saturated rings. The lowest BCUT2D eigenvalue weighted by Gasteiger charge is -2.09. The largest absolute Gasteiger partial charge is 0.388 e. The van der Waals surface area contributed by atoms with Gasteiger partial charge in [0.1, 0.15) is 0 Å². The zero-order valence-electron chi connectivity index (χ0n) is 12.1. The third kappa shape index (κ3) is 4.42. The molecule has 1 aliphatic heterocycles. The van der Waals surface area contributed by atoms with Crippen molar-refractivity contribution < 1.29 is 9.84 Å². The van der Waals surface area contributed by atoms with E-state index in [0.29, 0.717) is 11.9 Å². The van der Waals surface area contributed by atoms with E-state index in [4.69, 9.17) is 4.74 Å². The quantitative estimate of drug-likeness (QED) is 0.757. The van der Waals surface area contributed by atoms with E-state index < -0.39 is 6.10 Å². The Morgan fingerprint density at radius 2 is 2.23 bits per heavy atom. The van der Waals surface area contributed by atoms with Crippen LogP contribution in [0.15, 0.2) is 34.7 Å². The molecule has 0 amide bonds. The maximum atomic E-state index is 10.1. The normalized spacial score (nSPS) is 19.2. The van der Waals surface area contributed by atoms with Crippen molar-refractivity contribution in [2.45, 2.75) is 29.4 Å². The Balaban J connectivity index is 1.45. The van der Waals surface area contributed by atoms with E-state index >= 15 is 0 Å². The second-order valence-corrected chi connectivity index (χ2v) is 7.37. The maximum Gasteiger partial charge on any atom is 0.206 e. The van der Waals surface area contributed by atoms with Crippen LogP contribution >= 0.6 is 23.1 Å². The summed E-state index contributed by atoms with van der Waals surface area (Å²) < 4.78 is 6.43. The molecule has 0 spiro atoms. The van der Waals surface area contributed by atoms with Crippen molar-refractivity contribution in [3.8, 4) is 0 Å². The second-order valence-electron chi connectivity index (χ2n) is 5.13. The zero-order valence-corrected chi connectivity index (χ0v) is 13.8. The number of rotatable bonds is 7. The van der Waals surface area contributed by atoms with Gasteiger partial charge in [0.25, 0.3) is 0 Å². The minimum absolute atomic E-state index is 0.292. The summed E-state index contributed by atoms with van der Waals surface area (Å²) in [6, 6.07) is 9.67. The molecule has 0 bridgehead atoms. The average molecular weight is 337 g/mol. The lowest BCUT2D eigenvalue weighted by molar-refractivity contribution is 0.120. The number of hydrogen-bond donors (Lipinski definition) is 2. The predicted molar refractivity (Wildman–Crippen MR) is 89.5 cm³/mol. The average Bonchev–Trinajstić information content (AvgIpc) is 3.23. The summed E-state index contributed by atoms with van der Waals surface area (Å²) in [6.07, 6.45) is 2.05. The van der Waals surface area contributed by atoms with E-state index in [1.54, 1.807) is 0 Å². The Morgan fingerprint density at radius 3 is 3.00 bits per heavy atom. The lowest BCUT2D eigenvalue weighted by atomic mass is 10.1. The van der Waals surface area contributed by atoms with Gasteiger partial charge in [0.15, 0.2) is 4.34 Å². The molecule has 118 valence electrons. The summed E-state index contributed by atoms with van der Waals surface area (Å²) in [5.41, 5.74) is 0.927. The first-order valence-electron chi connectivity index (χ1n) is 7.36. The highest BCUT2D eigenvalue weighted by molar-refractivity contribution is 8.01. The number of nitrogens with one attached hydrogen (secondary N) is 1. The Hall–Kier alpha value is -1.15. The van der Waals surface area contributed by atoms with Crippen molar-refractivity contribution in [2.24, 2.45) is 0 Å². The second kappa shape index (κ2) is 7.92. The van der Waals surface area contributed by atoms with Crippen LogP contribution in [0.2, 0.25) is 0 Å². The minimum Gasteiger partial charge on any atom is -0.388 e. The van der Waals surface area contributed by atoms with Crippen molar-refractivity contribution >= 4 is 28.2 Å². The van der Waals surface area contributed by atoms with Gasteiger partial charge in [0.05, 0.1) is 12.2 Å². The van der Waals surface area contributed by atoms with E-state index in [1.807, 2.05) is 30.3 Å². The Morgan fingerprint density at radius 1 is 1.36 bits per heavy atom. The molecule has 1 aromatic carbocycles. The van der Waals surface area contributed by atoms with Crippen molar-refractivity contribution in [1.29, 1.82) is 0 Å². The molecule has 1 aromatic heterocycles. The third-order valence-corrected chi connectivity index (χ3v) is 5.55. The van der Waals surface area contributed by atoms with Crippen LogP contribution in [0.3, 0.4) is 0 Å². The van der Waals surface area contributed by atoms with Crippen LogP contribution in [0.1, 0.15) is 24.5 Å². The molecule has 0 saturated carbocycles. The number of anilines is 1. The van der Waals surface area contributed by atoms with Gasteiger partial charge >= 0.3 is 0 Å². The molecule has 5 nitrogen and oxygen atoms in total. The van der Waals surface area contributed by atoms with Gasteiger partial charge in [-0.05, 0) is 18.4 Å². The molecule has 0 aliphatic carbocycles. The molecular formula is C15H19N3O2S2. The van der Waals surface area contributed by atoms with Crippen LogP contribution in [0.4, 0.5) is 5.13 Å². The van der Waals surface area contributed by atoms with E-state index in [0.717, 1.165) is 41.0 Å². The summed E-state index contributed by atoms with van der Waals surface area (Å²) >= 11 is 3.04. The van der Waals surface area contributed by atoms with Crippen molar-refractivity contribution in [3.05, 3.63) is 35.9 Å². The van der Waals surface area contributed by atoms with E-state index in [1.165, 1.54) is 23.1 Å². The van der Waals surface area contributed by atoms with Gasteiger partial charge in [0, 0.05) is 18.9 Å². The number of aromatic nitrogens is 2. The van der Waals surface area contributed by atoms with Gasteiger partial charge < -0.3 is 15.2 Å². The molecule has 2 N–H and O–H groups in total. The standard InChI is InChI=1S/C15H19N3O2S2/c19-13(11-5-2-1-3-6-11)10-21-15-18-17-14(22-15)16-9-12-7-4-8-20-12/h1-3,5-6,12-13,19H,4,7-10H2,(H,16,17)/t12-,13+/m0/s1. The van der Waals surface area contributed by atoms with Crippen LogP contribution < -0.4 is 5.32 Å². The molecule has 0 unspecified atom stereocenters. The topological polar surface area (TPSA) is 67.3 Å². The summed E-state index contributed by atoms with van der Waals surface area (Å²) in [6.45, 7) is 1.65. The molecule has 7 heteroatoms. The van der Waals surface area contributed by atoms with Crippen molar-refractivity contribution in [1.82, 2.24) is 10.2 Å². The number of aliphatic hydroxyl groups excluding tert-OH is 1. The van der Waals surface area contributed by atoms with Gasteiger partial charge in [-0.2, -0.15) is 0 Å². The van der Waals surface area contributed by atoms with Gasteiger partial charge in [-0.15, -0.1) is 10.2 Å². The molecule has 1 saturated heterocycles. The monoisotopic (exact) mass is 337 g/mol. The minimum atomic E-state index is -0.488. The van der Waals surface area contributed by atoms with Crippen LogP contribution in [0.25, 0.3) is 0 Å². The molecule has 2 aromatic rings. The van der Waals surface area contributed by atoms with Gasteiger partial charge in [-0.1, -0.05) is 53.4 Å². The zero-order chi connectivity index (χ0) is 15.2. The Bertz CT molecular complexity index is 573. The highest BCUT2D eigenvalue weighted by Gasteiger charge is 2.16. The maximum absolute atomic E-state index is 10.1. The molecule has 2 atom stereocenters. The number of nitrogens with zero attached hydrogens (tertiary/aromatic N) is 2. The van der Waals surface area contributed by atoms with Gasteiger partial charge in [0.2, 0.25) is 5.13 Å². The Kier molecular flexibility index (Phi) is 5.66. The third-order valence-electron chi connectivity index (χ3n) is 3.46. The fraction of sp³-hybridized carbons (Fsp3) is 0.467. The first kappa shape index (κ1) is 15.7. The Labute approximate surface area is 138 Å². The van der Waals surface area contributed by atoms with Crippen LogP contribution in [0, 0.1) is 0 Å². The first-order valence-corrected chi connectivity index (χ1v) is 9.16. The predicted octanol–water partition coefficient (Wildman–Crippen LogP) is 2.95. The molecular weight excluding hydrogens is 318 g/mol. The van der Waals surface area contributed by atoms with Crippen molar-refractivity contribution in [2.75, 3.05) is 24.2 Å². The fourth-order valence-electron chi connectivity index (χ4n) is 2.27. The first-order chi connectivity index (χ1) is 10.8. The highest BCUT2D eigenvalue weighted by Crippen LogP contribution is 2.29. The van der Waals surface area contributed by atoms with E-state index in [2.05, 4.69) is 15.5 Å². The summed E-state index contributed by atoms with van der Waals surface area (Å²) in [7, 11) is 0. The smallest absolute Gasteiger partial charge is 0.206 e. The van der Waals surface area contributed by atoms with Crippen LogP contribution in [0.5, 0.6) is 0 Å². The number of hydrogen-bond acceptors (Lipinski definition) is 7. The summed E-state index contributed by atoms with van der Waals surface area (Å²) in [5, 5.41) is 22.5. The number of aliphatic hydroxyl groups is 1. The van der Waals surface area contributed by atoms with Crippen LogP contribution in [-0.4, -0.2) is 40.3 Å². The molecule has 2 heterocycles. The lowest BCUT2D eigenvalue weighted by Crippen LogP contribution is -2.18. The van der Waals surface area contributed by atoms with E-state index in [9.17, 15) is 5.11 Å². The molecule has 1 aliphatic rings. The van der Waals surface area contributed by atoms with E-state index in [-0.39, 0.29) is 0 Å².